The Hall–Kier alpha value is -2.17. The first-order valence-corrected chi connectivity index (χ1v) is 17.3. The van der Waals surface area contributed by atoms with Crippen LogP contribution >= 0.6 is 11.8 Å². The van der Waals surface area contributed by atoms with Crippen LogP contribution in [0.5, 0.6) is 0 Å². The number of rotatable bonds is 28. The third kappa shape index (κ3) is 19.8. The molecule has 0 aromatic carbocycles. The quantitative estimate of drug-likeness (QED) is 0.0760. The molecule has 262 valence electrons. The van der Waals surface area contributed by atoms with E-state index in [-0.39, 0.29) is 36.9 Å². The SMILES string of the molecule is CCN(C(=O)NC)[C@H]1CCS[C@H]1CCCCC(=O)NCCOCCOCCOCCOCCC(=O)N[C@@H](CCCCN)C(=O)O. The smallest absolute Gasteiger partial charge is 0.326 e. The van der Waals surface area contributed by atoms with E-state index >= 15 is 0 Å². The zero-order valence-corrected chi connectivity index (χ0v) is 28.0. The Morgan fingerprint density at radius 2 is 1.53 bits per heavy atom. The van der Waals surface area contributed by atoms with Crippen LogP contribution in [-0.4, -0.2) is 136 Å². The molecule has 0 aromatic heterocycles. The molecule has 6 N–H and O–H groups in total. The summed E-state index contributed by atoms with van der Waals surface area (Å²) < 4.78 is 21.7. The van der Waals surface area contributed by atoms with Gasteiger partial charge in [0.2, 0.25) is 11.8 Å². The van der Waals surface area contributed by atoms with E-state index in [0.29, 0.717) is 96.8 Å². The van der Waals surface area contributed by atoms with E-state index in [4.69, 9.17) is 24.7 Å². The summed E-state index contributed by atoms with van der Waals surface area (Å²) in [5.74, 6) is -0.323. The molecule has 4 amide bonds. The average molecular weight is 664 g/mol. The van der Waals surface area contributed by atoms with Gasteiger partial charge in [-0.1, -0.05) is 6.42 Å². The molecule has 1 saturated heterocycles. The minimum Gasteiger partial charge on any atom is -0.480 e. The van der Waals surface area contributed by atoms with E-state index in [0.717, 1.165) is 31.4 Å². The van der Waals surface area contributed by atoms with Gasteiger partial charge in [0.05, 0.1) is 52.9 Å². The van der Waals surface area contributed by atoms with Crippen molar-refractivity contribution in [2.75, 3.05) is 85.3 Å². The van der Waals surface area contributed by atoms with Crippen molar-refractivity contribution in [2.24, 2.45) is 5.73 Å². The van der Waals surface area contributed by atoms with E-state index in [9.17, 15) is 24.3 Å². The second-order valence-corrected chi connectivity index (χ2v) is 12.0. The highest BCUT2D eigenvalue weighted by atomic mass is 32.2. The number of carbonyl (C=O) groups excluding carboxylic acids is 3. The van der Waals surface area contributed by atoms with E-state index in [1.807, 2.05) is 23.6 Å². The second-order valence-electron chi connectivity index (χ2n) is 10.6. The maximum Gasteiger partial charge on any atom is 0.326 e. The Balaban J connectivity index is 1.90. The lowest BCUT2D eigenvalue weighted by Gasteiger charge is -2.31. The third-order valence-electron chi connectivity index (χ3n) is 7.27. The van der Waals surface area contributed by atoms with Gasteiger partial charge in [-0.05, 0) is 57.7 Å². The number of aliphatic carboxylic acids is 1. The summed E-state index contributed by atoms with van der Waals surface area (Å²) in [6.07, 6.45) is 6.09. The van der Waals surface area contributed by atoms with Gasteiger partial charge in [0, 0.05) is 44.3 Å². The number of carboxylic acids is 1. The monoisotopic (exact) mass is 663 g/mol. The Bertz CT molecular complexity index is 827. The summed E-state index contributed by atoms with van der Waals surface area (Å²) in [7, 11) is 1.67. The zero-order valence-electron chi connectivity index (χ0n) is 27.2. The van der Waals surface area contributed by atoms with Crippen molar-refractivity contribution in [3.8, 4) is 0 Å². The molecule has 0 radical (unpaired) electrons. The molecule has 0 aromatic rings. The average Bonchev–Trinajstić information content (AvgIpc) is 3.48. The molecule has 45 heavy (non-hydrogen) atoms. The lowest BCUT2D eigenvalue weighted by atomic mass is 10.0. The number of nitrogens with one attached hydrogen (secondary N) is 3. The van der Waals surface area contributed by atoms with Crippen LogP contribution < -0.4 is 21.7 Å². The predicted molar refractivity (Wildman–Crippen MR) is 173 cm³/mol. The molecule has 3 atom stereocenters. The van der Waals surface area contributed by atoms with Crippen molar-refractivity contribution >= 4 is 35.6 Å². The molecule has 1 fully saturated rings. The van der Waals surface area contributed by atoms with Gasteiger partial charge < -0.3 is 50.6 Å². The van der Waals surface area contributed by atoms with E-state index in [1.54, 1.807) is 7.05 Å². The van der Waals surface area contributed by atoms with Crippen molar-refractivity contribution in [1.29, 1.82) is 0 Å². The molecule has 14 nitrogen and oxygen atoms in total. The van der Waals surface area contributed by atoms with Crippen LogP contribution in [0.15, 0.2) is 0 Å². The van der Waals surface area contributed by atoms with Gasteiger partial charge in [-0.3, -0.25) is 9.59 Å². The molecule has 1 aliphatic heterocycles. The summed E-state index contributed by atoms with van der Waals surface area (Å²) in [6.45, 7) is 6.57. The van der Waals surface area contributed by atoms with E-state index in [1.165, 1.54) is 0 Å². The van der Waals surface area contributed by atoms with Crippen molar-refractivity contribution in [3.63, 3.8) is 0 Å². The van der Waals surface area contributed by atoms with Gasteiger partial charge in [-0.2, -0.15) is 11.8 Å². The molecule has 0 saturated carbocycles. The number of hydrogen-bond donors (Lipinski definition) is 5. The molecular formula is C30H57N5O9S. The molecule has 0 unspecified atom stereocenters. The fourth-order valence-electron chi connectivity index (χ4n) is 4.87. The number of unbranched alkanes of at least 4 members (excludes halogenated alkanes) is 2. The topological polar surface area (TPSA) is 191 Å². The highest BCUT2D eigenvalue weighted by molar-refractivity contribution is 8.00. The summed E-state index contributed by atoms with van der Waals surface area (Å²) >= 11 is 1.93. The fraction of sp³-hybridized carbons (Fsp3) is 0.867. The number of amides is 4. The van der Waals surface area contributed by atoms with Crippen LogP contribution in [0.25, 0.3) is 0 Å². The highest BCUT2D eigenvalue weighted by Gasteiger charge is 2.33. The van der Waals surface area contributed by atoms with Gasteiger partial charge in [0.1, 0.15) is 6.04 Å². The van der Waals surface area contributed by atoms with Gasteiger partial charge in [0.25, 0.3) is 0 Å². The second kappa shape index (κ2) is 27.0. The molecule has 1 rings (SSSR count). The van der Waals surface area contributed by atoms with Gasteiger partial charge >= 0.3 is 12.0 Å². The minimum atomic E-state index is -1.05. The van der Waals surface area contributed by atoms with Crippen molar-refractivity contribution < 1.29 is 43.2 Å². The predicted octanol–water partition coefficient (Wildman–Crippen LogP) is 1.35. The lowest BCUT2D eigenvalue weighted by molar-refractivity contribution is -0.142. The number of carbonyl (C=O) groups is 4. The van der Waals surface area contributed by atoms with Crippen LogP contribution in [-0.2, 0) is 33.3 Å². The van der Waals surface area contributed by atoms with Crippen molar-refractivity contribution in [3.05, 3.63) is 0 Å². The maximum atomic E-state index is 12.1. The standard InChI is InChI=1S/C30H57N5O9S/c1-3-35(30(40)32-2)25-12-23-45-26(25)9-4-5-10-27(36)33-14-16-42-18-20-44-22-21-43-19-17-41-15-11-28(37)34-24(29(38)39)8-6-7-13-31/h24-26H,3-23,31H2,1-2H3,(H,32,40)(H,33,36)(H,34,37)(H,38,39)/t24-,25-,26-/m0/s1. The molecule has 0 aliphatic carbocycles. The highest BCUT2D eigenvalue weighted by Crippen LogP contribution is 2.34. The first-order chi connectivity index (χ1) is 21.8. The maximum absolute atomic E-state index is 12.1. The molecule has 1 heterocycles. The molecule has 1 aliphatic rings. The normalized spacial score (nSPS) is 16.7. The van der Waals surface area contributed by atoms with Gasteiger partial charge in [0.15, 0.2) is 0 Å². The lowest BCUT2D eigenvalue weighted by Crippen LogP contribution is -2.47. The van der Waals surface area contributed by atoms with E-state index < -0.39 is 12.0 Å². The molecular weight excluding hydrogens is 606 g/mol. The van der Waals surface area contributed by atoms with Crippen LogP contribution in [0.3, 0.4) is 0 Å². The van der Waals surface area contributed by atoms with Crippen LogP contribution in [0, 0.1) is 0 Å². The first kappa shape index (κ1) is 40.9. The van der Waals surface area contributed by atoms with Crippen LogP contribution in [0.4, 0.5) is 4.79 Å². The largest absolute Gasteiger partial charge is 0.480 e. The Morgan fingerprint density at radius 1 is 0.889 bits per heavy atom. The Kier molecular flexibility index (Phi) is 24.5. The summed E-state index contributed by atoms with van der Waals surface area (Å²) in [4.78, 5) is 49.3. The Labute approximate surface area is 272 Å². The summed E-state index contributed by atoms with van der Waals surface area (Å²) in [5.41, 5.74) is 5.42. The van der Waals surface area contributed by atoms with Crippen LogP contribution in [0.2, 0.25) is 0 Å². The number of urea groups is 1. The number of carboxylic acid groups (broad SMARTS) is 1. The molecule has 0 spiro atoms. The number of hydrogen-bond acceptors (Lipinski definition) is 10. The van der Waals surface area contributed by atoms with Gasteiger partial charge in [-0.15, -0.1) is 0 Å². The molecule has 0 bridgehead atoms. The number of nitrogens with zero attached hydrogens (tertiary/aromatic N) is 1. The number of thioether (sulfide) groups is 1. The Morgan fingerprint density at radius 3 is 2.13 bits per heavy atom. The first-order valence-electron chi connectivity index (χ1n) is 16.2. The summed E-state index contributed by atoms with van der Waals surface area (Å²) in [5, 5.41) is 17.7. The van der Waals surface area contributed by atoms with E-state index in [2.05, 4.69) is 16.0 Å². The van der Waals surface area contributed by atoms with Gasteiger partial charge in [-0.25, -0.2) is 9.59 Å². The van der Waals surface area contributed by atoms with Crippen molar-refractivity contribution in [2.45, 2.75) is 82.0 Å². The molecule has 15 heteroatoms. The zero-order chi connectivity index (χ0) is 33.1. The van der Waals surface area contributed by atoms with Crippen molar-refractivity contribution in [1.82, 2.24) is 20.9 Å². The van der Waals surface area contributed by atoms with Crippen LogP contribution in [0.1, 0.15) is 64.7 Å². The number of nitrogens with two attached hydrogens (primary N) is 1. The minimum absolute atomic E-state index is 0.0157. The fourth-order valence-corrected chi connectivity index (χ4v) is 6.39. The third-order valence-corrected chi connectivity index (χ3v) is 8.72. The number of ether oxygens (including phenoxy) is 4. The summed E-state index contributed by atoms with van der Waals surface area (Å²) in [6, 6.07) is -0.658.